The number of aryl methyl sites for hydroxylation is 1. The Hall–Kier alpha value is -2.71. The molecule has 8 heteroatoms. The van der Waals surface area contributed by atoms with Gasteiger partial charge in [0, 0.05) is 19.2 Å². The van der Waals surface area contributed by atoms with Crippen molar-refractivity contribution < 1.29 is 23.1 Å². The highest BCUT2D eigenvalue weighted by Crippen LogP contribution is 2.18. The number of carboxylic acids is 1. The Labute approximate surface area is 158 Å². The van der Waals surface area contributed by atoms with Crippen molar-refractivity contribution in [2.45, 2.75) is 31.3 Å². The topological polar surface area (TPSA) is 104 Å². The van der Waals surface area contributed by atoms with Crippen LogP contribution in [0, 0.1) is 6.92 Å². The minimum atomic E-state index is -3.83. The van der Waals surface area contributed by atoms with Crippen molar-refractivity contribution in [3.05, 3.63) is 65.2 Å². The fourth-order valence-corrected chi connectivity index (χ4v) is 3.43. The van der Waals surface area contributed by atoms with Crippen molar-refractivity contribution in [1.29, 1.82) is 0 Å². The highest BCUT2D eigenvalue weighted by Gasteiger charge is 2.25. The molecular formula is C19H22N2O5S. The highest BCUT2D eigenvalue weighted by molar-refractivity contribution is 7.89. The van der Waals surface area contributed by atoms with E-state index in [1.54, 1.807) is 19.1 Å². The smallest absolute Gasteiger partial charge is 0.326 e. The third-order valence-corrected chi connectivity index (χ3v) is 5.72. The third-order valence-electron chi connectivity index (χ3n) is 4.32. The average Bonchev–Trinajstić information content (AvgIpc) is 2.65. The van der Waals surface area contributed by atoms with Crippen LogP contribution in [0.15, 0.2) is 53.4 Å². The number of likely N-dealkylation sites (N-methyl/N-ethyl adjacent to an activating group) is 1. The standard InChI is InChI=1S/C19H22N2O5S/c1-13-9-10-16(11-17(13)18(22)21(3)14(2)19(23)24)27(25,26)20-12-15-7-5-4-6-8-15/h4-11,14,20H,12H2,1-3H3,(H,23,24). The minimum Gasteiger partial charge on any atom is -0.480 e. The van der Waals surface area contributed by atoms with E-state index in [2.05, 4.69) is 4.72 Å². The van der Waals surface area contributed by atoms with Gasteiger partial charge in [0.1, 0.15) is 6.04 Å². The Morgan fingerprint density at radius 3 is 2.37 bits per heavy atom. The number of nitrogens with one attached hydrogen (secondary N) is 1. The number of nitrogens with zero attached hydrogens (tertiary/aromatic N) is 1. The predicted octanol–water partition coefficient (Wildman–Crippen LogP) is 2.02. The monoisotopic (exact) mass is 390 g/mol. The summed E-state index contributed by atoms with van der Waals surface area (Å²) in [5, 5.41) is 9.08. The summed E-state index contributed by atoms with van der Waals surface area (Å²) in [6.45, 7) is 3.17. The molecule has 0 fully saturated rings. The number of hydrogen-bond acceptors (Lipinski definition) is 4. The summed E-state index contributed by atoms with van der Waals surface area (Å²) in [5.74, 6) is -1.70. The summed E-state index contributed by atoms with van der Waals surface area (Å²) in [6.07, 6.45) is 0. The zero-order valence-corrected chi connectivity index (χ0v) is 16.2. The van der Waals surface area contributed by atoms with Gasteiger partial charge in [-0.15, -0.1) is 0 Å². The van der Waals surface area contributed by atoms with Crippen LogP contribution in [-0.4, -0.2) is 43.4 Å². The van der Waals surface area contributed by atoms with E-state index in [1.807, 2.05) is 18.2 Å². The van der Waals surface area contributed by atoms with E-state index in [-0.39, 0.29) is 17.0 Å². The van der Waals surface area contributed by atoms with Crippen molar-refractivity contribution in [2.24, 2.45) is 0 Å². The van der Waals surface area contributed by atoms with Gasteiger partial charge in [-0.1, -0.05) is 36.4 Å². The molecule has 7 nitrogen and oxygen atoms in total. The van der Waals surface area contributed by atoms with E-state index in [9.17, 15) is 18.0 Å². The summed E-state index contributed by atoms with van der Waals surface area (Å²) in [6, 6.07) is 12.2. The number of amides is 1. The molecule has 0 spiro atoms. The van der Waals surface area contributed by atoms with Crippen LogP contribution in [0.4, 0.5) is 0 Å². The number of hydrogen-bond donors (Lipinski definition) is 2. The van der Waals surface area contributed by atoms with Crippen LogP contribution in [-0.2, 0) is 21.4 Å². The molecule has 0 saturated heterocycles. The highest BCUT2D eigenvalue weighted by atomic mass is 32.2. The fraction of sp³-hybridized carbons (Fsp3) is 0.263. The van der Waals surface area contributed by atoms with E-state index in [1.165, 1.54) is 32.2 Å². The second-order valence-corrected chi connectivity index (χ2v) is 7.98. The zero-order valence-electron chi connectivity index (χ0n) is 15.3. The molecule has 2 rings (SSSR count). The summed E-state index contributed by atoms with van der Waals surface area (Å²) >= 11 is 0. The van der Waals surface area contributed by atoms with E-state index < -0.39 is 27.9 Å². The zero-order chi connectivity index (χ0) is 20.2. The van der Waals surface area contributed by atoms with E-state index in [0.717, 1.165) is 10.5 Å². The fourth-order valence-electron chi connectivity index (χ4n) is 2.39. The molecule has 2 aromatic carbocycles. The molecule has 27 heavy (non-hydrogen) atoms. The summed E-state index contributed by atoms with van der Waals surface area (Å²) in [4.78, 5) is 24.7. The van der Waals surface area contributed by atoms with Gasteiger partial charge in [0.2, 0.25) is 10.0 Å². The summed E-state index contributed by atoms with van der Waals surface area (Å²) < 4.78 is 27.6. The van der Waals surface area contributed by atoms with Gasteiger partial charge < -0.3 is 10.0 Å². The van der Waals surface area contributed by atoms with Crippen molar-refractivity contribution >= 4 is 21.9 Å². The molecule has 1 amide bonds. The lowest BCUT2D eigenvalue weighted by molar-refractivity contribution is -0.141. The number of aliphatic carboxylic acids is 1. The largest absolute Gasteiger partial charge is 0.480 e. The maximum atomic E-state index is 12.6. The molecule has 2 N–H and O–H groups in total. The Kier molecular flexibility index (Phi) is 6.35. The summed E-state index contributed by atoms with van der Waals surface area (Å²) in [5.41, 5.74) is 1.51. The van der Waals surface area contributed by atoms with Gasteiger partial charge in [-0.2, -0.15) is 0 Å². The lowest BCUT2D eigenvalue weighted by Crippen LogP contribution is -2.40. The lowest BCUT2D eigenvalue weighted by Gasteiger charge is -2.22. The Bertz CT molecular complexity index is 942. The van der Waals surface area contributed by atoms with Gasteiger partial charge in [-0.3, -0.25) is 4.79 Å². The molecule has 0 saturated carbocycles. The first-order valence-electron chi connectivity index (χ1n) is 8.27. The average molecular weight is 390 g/mol. The van der Waals surface area contributed by atoms with Crippen LogP contribution in [0.25, 0.3) is 0 Å². The van der Waals surface area contributed by atoms with Gasteiger partial charge in [0.15, 0.2) is 0 Å². The second kappa shape index (κ2) is 8.32. The molecule has 144 valence electrons. The normalized spacial score (nSPS) is 12.4. The van der Waals surface area contributed by atoms with Gasteiger partial charge in [0.25, 0.3) is 5.91 Å². The van der Waals surface area contributed by atoms with Crippen molar-refractivity contribution in [1.82, 2.24) is 9.62 Å². The van der Waals surface area contributed by atoms with Gasteiger partial charge >= 0.3 is 5.97 Å². The number of rotatable bonds is 7. The molecule has 2 aromatic rings. The second-order valence-electron chi connectivity index (χ2n) is 6.22. The van der Waals surface area contributed by atoms with Crippen molar-refractivity contribution in [3.63, 3.8) is 0 Å². The number of sulfonamides is 1. The molecule has 0 radical (unpaired) electrons. The van der Waals surface area contributed by atoms with Crippen molar-refractivity contribution in [3.8, 4) is 0 Å². The SMILES string of the molecule is Cc1ccc(S(=O)(=O)NCc2ccccc2)cc1C(=O)N(C)C(C)C(=O)O. The number of carboxylic acid groups (broad SMARTS) is 1. The molecule has 0 aliphatic heterocycles. The number of benzene rings is 2. The lowest BCUT2D eigenvalue weighted by atomic mass is 10.1. The predicted molar refractivity (Wildman–Crippen MR) is 101 cm³/mol. The minimum absolute atomic E-state index is 0.0521. The molecule has 0 aromatic heterocycles. The van der Waals surface area contributed by atoms with Crippen LogP contribution < -0.4 is 4.72 Å². The molecule has 0 bridgehead atoms. The Morgan fingerprint density at radius 2 is 1.78 bits per heavy atom. The maximum absolute atomic E-state index is 12.6. The first-order valence-corrected chi connectivity index (χ1v) is 9.76. The van der Waals surface area contributed by atoms with Crippen LogP contribution in [0.3, 0.4) is 0 Å². The van der Waals surface area contributed by atoms with Crippen molar-refractivity contribution in [2.75, 3.05) is 7.05 Å². The van der Waals surface area contributed by atoms with Crippen LogP contribution in [0.5, 0.6) is 0 Å². The summed E-state index contributed by atoms with van der Waals surface area (Å²) in [7, 11) is -2.46. The maximum Gasteiger partial charge on any atom is 0.326 e. The first kappa shape index (κ1) is 20.6. The molecular weight excluding hydrogens is 368 g/mol. The number of carbonyl (C=O) groups is 2. The van der Waals surface area contributed by atoms with Gasteiger partial charge in [-0.25, -0.2) is 17.9 Å². The molecule has 1 unspecified atom stereocenters. The third kappa shape index (κ3) is 4.93. The molecule has 0 aliphatic rings. The van der Waals surface area contributed by atoms with E-state index in [0.29, 0.717) is 5.56 Å². The van der Waals surface area contributed by atoms with Crippen LogP contribution in [0.1, 0.15) is 28.4 Å². The van der Waals surface area contributed by atoms with Crippen LogP contribution >= 0.6 is 0 Å². The molecule has 0 aliphatic carbocycles. The van der Waals surface area contributed by atoms with Gasteiger partial charge in [-0.05, 0) is 37.1 Å². The van der Waals surface area contributed by atoms with E-state index >= 15 is 0 Å². The molecule has 1 atom stereocenters. The van der Waals surface area contributed by atoms with E-state index in [4.69, 9.17) is 5.11 Å². The Morgan fingerprint density at radius 1 is 1.15 bits per heavy atom. The van der Waals surface area contributed by atoms with Crippen LogP contribution in [0.2, 0.25) is 0 Å². The van der Waals surface area contributed by atoms with Gasteiger partial charge in [0.05, 0.1) is 4.90 Å². The molecule has 0 heterocycles. The number of carbonyl (C=O) groups excluding carboxylic acids is 1. The Balaban J connectivity index is 2.27. The quantitative estimate of drug-likeness (QED) is 0.753. The first-order chi connectivity index (χ1) is 12.6.